The van der Waals surface area contributed by atoms with Gasteiger partial charge in [-0.3, -0.25) is 14.5 Å². The van der Waals surface area contributed by atoms with Crippen LogP contribution in [-0.4, -0.2) is 54.7 Å². The molecule has 0 saturated carbocycles. The van der Waals surface area contributed by atoms with Gasteiger partial charge in [0.15, 0.2) is 0 Å². The summed E-state index contributed by atoms with van der Waals surface area (Å²) in [5.41, 5.74) is 1.80. The third-order valence-corrected chi connectivity index (χ3v) is 5.34. The molecule has 9 heteroatoms. The topological polar surface area (TPSA) is 90.9 Å². The van der Waals surface area contributed by atoms with E-state index in [1.54, 1.807) is 24.3 Å². The molecule has 0 aliphatic carbocycles. The van der Waals surface area contributed by atoms with Crippen LogP contribution in [0.1, 0.15) is 10.4 Å². The number of phenols is 1. The maximum atomic E-state index is 13.5. The predicted molar refractivity (Wildman–Crippen MR) is 124 cm³/mol. The maximum absolute atomic E-state index is 13.5. The van der Waals surface area contributed by atoms with Gasteiger partial charge in [0.25, 0.3) is 5.91 Å². The number of rotatable bonds is 6. The first-order valence-corrected chi connectivity index (χ1v) is 10.7. The molecule has 1 aliphatic heterocycles. The van der Waals surface area contributed by atoms with E-state index in [1.165, 1.54) is 30.3 Å². The minimum atomic E-state index is -0.683. The highest BCUT2D eigenvalue weighted by Gasteiger charge is 2.16. The summed E-state index contributed by atoms with van der Waals surface area (Å²) in [5, 5.41) is 15.5. The minimum Gasteiger partial charge on any atom is -0.506 e. The summed E-state index contributed by atoms with van der Waals surface area (Å²) >= 11 is 0. The summed E-state index contributed by atoms with van der Waals surface area (Å²) in [7, 11) is 0. The fourth-order valence-corrected chi connectivity index (χ4v) is 3.60. The molecular weight excluding hydrogens is 444 g/mol. The molecule has 1 saturated heterocycles. The molecule has 0 aromatic heterocycles. The Morgan fingerprint density at radius 1 is 0.882 bits per heavy atom. The number of amides is 2. The van der Waals surface area contributed by atoms with Gasteiger partial charge in [-0.25, -0.2) is 8.78 Å². The van der Waals surface area contributed by atoms with Crippen molar-refractivity contribution < 1.29 is 28.2 Å². The van der Waals surface area contributed by atoms with Gasteiger partial charge in [0, 0.05) is 30.4 Å². The van der Waals surface area contributed by atoms with Crippen molar-refractivity contribution in [3.63, 3.8) is 0 Å². The van der Waals surface area contributed by atoms with Crippen molar-refractivity contribution in [3.8, 4) is 16.9 Å². The quantitative estimate of drug-likeness (QED) is 0.378. The number of halogens is 2. The number of hydrogen-bond acceptors (Lipinski definition) is 5. The lowest BCUT2D eigenvalue weighted by atomic mass is 10.0. The van der Waals surface area contributed by atoms with Crippen LogP contribution in [0.2, 0.25) is 0 Å². The molecule has 0 spiro atoms. The number of nitrogens with zero attached hydrogens (tertiary/aromatic N) is 1. The van der Waals surface area contributed by atoms with Crippen LogP contribution in [0.5, 0.6) is 5.75 Å². The Bertz CT molecular complexity index is 1180. The van der Waals surface area contributed by atoms with Crippen molar-refractivity contribution in [2.75, 3.05) is 43.5 Å². The number of hydrogen-bond donors (Lipinski definition) is 3. The molecule has 7 nitrogen and oxygen atoms in total. The minimum absolute atomic E-state index is 0.125. The standard InChI is InChI=1S/C25H23F2N3O4/c26-19-11-18(12-20(27)13-19)16-1-3-17(4-2-16)25(33)28-21-5-6-23(31)22(14-21)29-24(32)15-30-7-9-34-10-8-30/h1-6,11-14,31H,7-10,15H2,(H,28,33)(H,29,32). The van der Waals surface area contributed by atoms with Crippen molar-refractivity contribution in [2.24, 2.45) is 0 Å². The Labute approximate surface area is 195 Å². The number of anilines is 2. The van der Waals surface area contributed by atoms with Crippen molar-refractivity contribution in [3.05, 3.63) is 77.9 Å². The average Bonchev–Trinajstić information content (AvgIpc) is 2.81. The van der Waals surface area contributed by atoms with E-state index in [2.05, 4.69) is 10.6 Å². The molecular formula is C25H23F2N3O4. The lowest BCUT2D eigenvalue weighted by Crippen LogP contribution is -2.41. The molecule has 34 heavy (non-hydrogen) atoms. The second kappa shape index (κ2) is 10.4. The summed E-state index contributed by atoms with van der Waals surface area (Å²) < 4.78 is 32.2. The van der Waals surface area contributed by atoms with E-state index >= 15 is 0 Å². The Kier molecular flexibility index (Phi) is 7.15. The van der Waals surface area contributed by atoms with Crippen molar-refractivity contribution in [1.82, 2.24) is 4.90 Å². The highest BCUT2D eigenvalue weighted by Crippen LogP contribution is 2.27. The average molecular weight is 467 g/mol. The third-order valence-electron chi connectivity index (χ3n) is 5.34. The van der Waals surface area contributed by atoms with Crippen molar-refractivity contribution in [1.29, 1.82) is 0 Å². The van der Waals surface area contributed by atoms with Crippen LogP contribution < -0.4 is 10.6 Å². The molecule has 1 aliphatic rings. The van der Waals surface area contributed by atoms with E-state index < -0.39 is 17.5 Å². The summed E-state index contributed by atoms with van der Waals surface area (Å²) in [5.74, 6) is -2.20. The first kappa shape index (κ1) is 23.3. The number of carbonyl (C=O) groups is 2. The van der Waals surface area contributed by atoms with Gasteiger partial charge in [-0.1, -0.05) is 12.1 Å². The Hall–Kier alpha value is -3.82. The Morgan fingerprint density at radius 2 is 1.56 bits per heavy atom. The van der Waals surface area contributed by atoms with E-state index in [9.17, 15) is 23.5 Å². The molecule has 0 atom stereocenters. The zero-order valence-electron chi connectivity index (χ0n) is 18.2. The van der Waals surface area contributed by atoms with Crippen molar-refractivity contribution >= 4 is 23.2 Å². The highest BCUT2D eigenvalue weighted by atomic mass is 19.1. The molecule has 1 fully saturated rings. The van der Waals surface area contributed by atoms with E-state index in [1.807, 2.05) is 4.90 Å². The fraction of sp³-hybridized carbons (Fsp3) is 0.200. The van der Waals surface area contributed by atoms with Crippen LogP contribution in [0.25, 0.3) is 11.1 Å². The van der Waals surface area contributed by atoms with Crippen molar-refractivity contribution in [2.45, 2.75) is 0 Å². The lowest BCUT2D eigenvalue weighted by molar-refractivity contribution is -0.118. The summed E-state index contributed by atoms with van der Waals surface area (Å²) in [6.07, 6.45) is 0. The molecule has 1 heterocycles. The number of aromatic hydroxyl groups is 1. The molecule has 3 aromatic rings. The van der Waals surface area contributed by atoms with Gasteiger partial charge < -0.3 is 20.5 Å². The van der Waals surface area contributed by atoms with Crippen LogP contribution in [0.4, 0.5) is 20.2 Å². The van der Waals surface area contributed by atoms with E-state index in [0.29, 0.717) is 48.7 Å². The van der Waals surface area contributed by atoms with Crippen LogP contribution in [0, 0.1) is 11.6 Å². The van der Waals surface area contributed by atoms with Crippen LogP contribution in [0.3, 0.4) is 0 Å². The molecule has 4 rings (SSSR count). The molecule has 0 bridgehead atoms. The smallest absolute Gasteiger partial charge is 0.255 e. The molecule has 3 N–H and O–H groups in total. The third kappa shape index (κ3) is 5.94. The van der Waals surface area contributed by atoms with Gasteiger partial charge in [0.1, 0.15) is 17.4 Å². The SMILES string of the molecule is O=C(CN1CCOCC1)Nc1cc(NC(=O)c2ccc(-c3cc(F)cc(F)c3)cc2)ccc1O. The fourth-order valence-electron chi connectivity index (χ4n) is 3.60. The Balaban J connectivity index is 1.41. The predicted octanol–water partition coefficient (Wildman–Crippen LogP) is 3.86. The number of morpholine rings is 1. The molecule has 3 aromatic carbocycles. The second-order valence-electron chi connectivity index (χ2n) is 7.86. The number of carbonyl (C=O) groups excluding carboxylic acids is 2. The van der Waals surface area contributed by atoms with Crippen LogP contribution in [-0.2, 0) is 9.53 Å². The summed E-state index contributed by atoms with van der Waals surface area (Å²) in [4.78, 5) is 26.9. The monoisotopic (exact) mass is 467 g/mol. The van der Waals surface area contributed by atoms with Gasteiger partial charge in [-0.05, 0) is 53.6 Å². The van der Waals surface area contributed by atoms with Gasteiger partial charge in [0.05, 0.1) is 25.4 Å². The number of ether oxygens (including phenoxy) is 1. The largest absolute Gasteiger partial charge is 0.506 e. The summed E-state index contributed by atoms with van der Waals surface area (Å²) in [6.45, 7) is 2.62. The van der Waals surface area contributed by atoms with E-state index in [4.69, 9.17) is 4.74 Å². The molecule has 2 amide bonds. The number of benzene rings is 3. The normalized spacial score (nSPS) is 13.9. The second-order valence-corrected chi connectivity index (χ2v) is 7.86. The van der Waals surface area contributed by atoms with Gasteiger partial charge in [-0.15, -0.1) is 0 Å². The van der Waals surface area contributed by atoms with Gasteiger partial charge >= 0.3 is 0 Å². The van der Waals surface area contributed by atoms with Crippen LogP contribution >= 0.6 is 0 Å². The van der Waals surface area contributed by atoms with E-state index in [-0.39, 0.29) is 23.9 Å². The molecule has 176 valence electrons. The molecule has 0 unspecified atom stereocenters. The van der Waals surface area contributed by atoms with Gasteiger partial charge in [0.2, 0.25) is 5.91 Å². The van der Waals surface area contributed by atoms with E-state index in [0.717, 1.165) is 6.07 Å². The first-order valence-electron chi connectivity index (χ1n) is 10.7. The zero-order valence-corrected chi connectivity index (χ0v) is 18.2. The first-order chi connectivity index (χ1) is 16.4. The highest BCUT2D eigenvalue weighted by molar-refractivity contribution is 6.05. The maximum Gasteiger partial charge on any atom is 0.255 e. The lowest BCUT2D eigenvalue weighted by Gasteiger charge is -2.25. The molecule has 0 radical (unpaired) electrons. The van der Waals surface area contributed by atoms with Gasteiger partial charge in [-0.2, -0.15) is 0 Å². The van der Waals surface area contributed by atoms with Crippen LogP contribution in [0.15, 0.2) is 60.7 Å². The zero-order chi connectivity index (χ0) is 24.1. The number of phenolic OH excluding ortho intramolecular Hbond substituents is 1. The Morgan fingerprint density at radius 3 is 2.24 bits per heavy atom. The summed E-state index contributed by atoms with van der Waals surface area (Å²) in [6, 6.07) is 13.8. The number of nitrogens with one attached hydrogen (secondary N) is 2.